The largest absolute Gasteiger partial charge is 0.309 e. The number of hydrogen-bond acceptors (Lipinski definition) is 6. The molecule has 1 saturated carbocycles. The van der Waals surface area contributed by atoms with E-state index in [0.29, 0.717) is 11.7 Å². The predicted molar refractivity (Wildman–Crippen MR) is 122 cm³/mol. The number of nitrogens with one attached hydrogen (secondary N) is 2. The molecule has 0 amide bonds. The Bertz CT molecular complexity index is 1090. The van der Waals surface area contributed by atoms with Gasteiger partial charge in [0.2, 0.25) is 5.16 Å². The van der Waals surface area contributed by atoms with Crippen molar-refractivity contribution in [2.24, 2.45) is 11.8 Å². The molecule has 8 heteroatoms. The van der Waals surface area contributed by atoms with Gasteiger partial charge >= 0.3 is 0 Å². The lowest BCUT2D eigenvalue weighted by molar-refractivity contribution is 0.497. The van der Waals surface area contributed by atoms with Gasteiger partial charge in [0, 0.05) is 11.3 Å². The van der Waals surface area contributed by atoms with Gasteiger partial charge in [-0.1, -0.05) is 44.4 Å². The molecule has 0 spiro atoms. The van der Waals surface area contributed by atoms with Crippen LogP contribution in [-0.2, 0) is 19.3 Å². The highest BCUT2D eigenvalue weighted by Gasteiger charge is 2.24. The highest BCUT2D eigenvalue weighted by Crippen LogP contribution is 2.37. The number of nitrogens with zero attached hydrogens (tertiary/aromatic N) is 3. The first-order valence-electron chi connectivity index (χ1n) is 11.2. The molecule has 2 aliphatic rings. The maximum atomic E-state index is 12.9. The topological polar surface area (TPSA) is 87.3 Å². The quantitative estimate of drug-likeness (QED) is 0.511. The van der Waals surface area contributed by atoms with Crippen molar-refractivity contribution in [2.45, 2.75) is 82.0 Å². The first kappa shape index (κ1) is 20.2. The van der Waals surface area contributed by atoms with Crippen LogP contribution in [0.1, 0.15) is 79.7 Å². The van der Waals surface area contributed by atoms with Crippen LogP contribution >= 0.6 is 23.1 Å². The van der Waals surface area contributed by atoms with E-state index >= 15 is 0 Å². The Kier molecular flexibility index (Phi) is 5.71. The third-order valence-corrected chi connectivity index (χ3v) is 8.74. The monoisotopic (exact) mass is 443 g/mol. The van der Waals surface area contributed by atoms with Gasteiger partial charge in [0.05, 0.1) is 10.6 Å². The lowest BCUT2D eigenvalue weighted by Gasteiger charge is -2.17. The van der Waals surface area contributed by atoms with Crippen LogP contribution in [0.3, 0.4) is 0 Å². The number of aryl methyl sites for hydroxylation is 2. The summed E-state index contributed by atoms with van der Waals surface area (Å²) in [6, 6.07) is 0. The zero-order valence-corrected chi connectivity index (χ0v) is 19.3. The first-order chi connectivity index (χ1) is 14.6. The molecular weight excluding hydrogens is 414 g/mol. The molecule has 0 aromatic carbocycles. The highest BCUT2D eigenvalue weighted by atomic mass is 32.2. The molecule has 0 saturated heterocycles. The number of thioether (sulfide) groups is 1. The normalized spacial score (nSPS) is 20.7. The van der Waals surface area contributed by atoms with Crippen LogP contribution < -0.4 is 5.56 Å². The Morgan fingerprint density at radius 1 is 1.23 bits per heavy atom. The van der Waals surface area contributed by atoms with E-state index in [1.54, 1.807) is 23.1 Å². The lowest BCUT2D eigenvalue weighted by atomic mass is 9.89. The molecule has 1 fully saturated rings. The molecule has 2 atom stereocenters. The predicted octanol–water partition coefficient (Wildman–Crippen LogP) is 5.20. The van der Waals surface area contributed by atoms with Crippen molar-refractivity contribution in [1.29, 1.82) is 0 Å². The zero-order chi connectivity index (χ0) is 20.7. The van der Waals surface area contributed by atoms with Crippen molar-refractivity contribution in [2.75, 3.05) is 0 Å². The molecule has 30 heavy (non-hydrogen) atoms. The fourth-order valence-electron chi connectivity index (χ4n) is 4.85. The van der Waals surface area contributed by atoms with Crippen LogP contribution in [0, 0.1) is 11.8 Å². The fraction of sp³-hybridized carbons (Fsp3) is 0.636. The van der Waals surface area contributed by atoms with E-state index in [2.05, 4.69) is 34.0 Å². The second-order valence-corrected chi connectivity index (χ2v) is 11.4. The zero-order valence-electron chi connectivity index (χ0n) is 17.7. The molecule has 0 bridgehead atoms. The number of aromatic amines is 2. The molecule has 3 aromatic heterocycles. The third kappa shape index (κ3) is 4.08. The van der Waals surface area contributed by atoms with Gasteiger partial charge in [-0.3, -0.25) is 9.89 Å². The van der Waals surface area contributed by atoms with Crippen molar-refractivity contribution in [3.05, 3.63) is 32.4 Å². The van der Waals surface area contributed by atoms with E-state index in [9.17, 15) is 4.79 Å². The lowest BCUT2D eigenvalue weighted by Crippen LogP contribution is -2.15. The van der Waals surface area contributed by atoms with Gasteiger partial charge in [0.25, 0.3) is 5.56 Å². The highest BCUT2D eigenvalue weighted by molar-refractivity contribution is 7.99. The van der Waals surface area contributed by atoms with Crippen molar-refractivity contribution < 1.29 is 0 Å². The summed E-state index contributed by atoms with van der Waals surface area (Å²) in [5.74, 6) is 3.22. The number of hydrogen-bond donors (Lipinski definition) is 2. The van der Waals surface area contributed by atoms with Crippen molar-refractivity contribution in [3.63, 3.8) is 0 Å². The fourth-order valence-corrected chi connectivity index (χ4v) is 7.05. The van der Waals surface area contributed by atoms with Gasteiger partial charge in [-0.2, -0.15) is 0 Å². The maximum Gasteiger partial charge on any atom is 0.259 e. The number of thiophene rings is 1. The molecule has 2 unspecified atom stereocenters. The summed E-state index contributed by atoms with van der Waals surface area (Å²) in [5.41, 5.74) is 1.23. The average Bonchev–Trinajstić information content (AvgIpc) is 3.45. The molecule has 6 nitrogen and oxygen atoms in total. The molecule has 2 N–H and O–H groups in total. The minimum atomic E-state index is -0.0152. The van der Waals surface area contributed by atoms with Crippen molar-refractivity contribution in [1.82, 2.24) is 25.1 Å². The van der Waals surface area contributed by atoms with E-state index in [0.717, 1.165) is 52.8 Å². The smallest absolute Gasteiger partial charge is 0.259 e. The molecular formula is C22H29N5OS2. The van der Waals surface area contributed by atoms with Crippen LogP contribution in [0.25, 0.3) is 10.2 Å². The van der Waals surface area contributed by atoms with Crippen molar-refractivity contribution >= 4 is 33.3 Å². The summed E-state index contributed by atoms with van der Waals surface area (Å²) in [6.45, 7) is 4.34. The van der Waals surface area contributed by atoms with Crippen LogP contribution in [0.2, 0.25) is 0 Å². The molecule has 3 aromatic rings. The average molecular weight is 444 g/mol. The molecule has 160 valence electrons. The Morgan fingerprint density at radius 3 is 2.90 bits per heavy atom. The van der Waals surface area contributed by atoms with Crippen molar-refractivity contribution in [3.8, 4) is 0 Å². The summed E-state index contributed by atoms with van der Waals surface area (Å²) in [4.78, 5) is 27.6. The Labute approximate surface area is 184 Å². The molecule has 3 heterocycles. The van der Waals surface area contributed by atoms with E-state index < -0.39 is 0 Å². The SMILES string of the molecule is CC1CCc2c(sc3nc(C(C)Sc4n[nH]c(CCC5CCCC5)n4)[nH]c(=O)c23)C1. The minimum absolute atomic E-state index is 0.00161. The summed E-state index contributed by atoms with van der Waals surface area (Å²) in [5, 5.41) is 9.00. The standard InChI is InChI=1S/C22H29N5OS2/c1-12-7-9-15-16(11-12)30-21-18(15)20(28)24-19(25-21)13(2)29-22-23-17(26-27-22)10-8-14-5-3-4-6-14/h12-14H,3-11H2,1-2H3,(H,23,26,27)(H,24,25,28). The van der Waals surface area contributed by atoms with Gasteiger partial charge in [0.1, 0.15) is 16.5 Å². The van der Waals surface area contributed by atoms with Gasteiger partial charge in [-0.25, -0.2) is 9.97 Å². The maximum absolute atomic E-state index is 12.9. The van der Waals surface area contributed by atoms with Crippen LogP contribution in [0.15, 0.2) is 9.95 Å². The van der Waals surface area contributed by atoms with E-state index in [-0.39, 0.29) is 10.8 Å². The van der Waals surface area contributed by atoms with Gasteiger partial charge in [0.15, 0.2) is 0 Å². The van der Waals surface area contributed by atoms with Crippen LogP contribution in [0.4, 0.5) is 0 Å². The van der Waals surface area contributed by atoms with Gasteiger partial charge in [-0.15, -0.1) is 16.4 Å². The number of fused-ring (bicyclic) bond motifs is 3. The van der Waals surface area contributed by atoms with Crippen LogP contribution in [-0.4, -0.2) is 25.1 Å². The molecule has 5 rings (SSSR count). The summed E-state index contributed by atoms with van der Waals surface area (Å²) in [6.07, 6.45) is 10.8. The first-order valence-corrected chi connectivity index (χ1v) is 12.9. The minimum Gasteiger partial charge on any atom is -0.309 e. The number of aromatic nitrogens is 5. The Balaban J connectivity index is 1.30. The second kappa shape index (κ2) is 8.46. The summed E-state index contributed by atoms with van der Waals surface area (Å²) in [7, 11) is 0. The number of H-pyrrole nitrogens is 2. The molecule has 2 aliphatic carbocycles. The number of rotatable bonds is 6. The Morgan fingerprint density at radius 2 is 2.07 bits per heavy atom. The van der Waals surface area contributed by atoms with Crippen LogP contribution in [0.5, 0.6) is 0 Å². The van der Waals surface area contributed by atoms with E-state index in [1.807, 2.05) is 0 Å². The Hall–Kier alpha value is -1.67. The second-order valence-electron chi connectivity index (χ2n) is 9.00. The van der Waals surface area contributed by atoms with E-state index in [1.165, 1.54) is 42.5 Å². The molecule has 0 aliphatic heterocycles. The molecule has 0 radical (unpaired) electrons. The summed E-state index contributed by atoms with van der Waals surface area (Å²) >= 11 is 3.25. The third-order valence-electron chi connectivity index (χ3n) is 6.63. The summed E-state index contributed by atoms with van der Waals surface area (Å²) < 4.78 is 0. The van der Waals surface area contributed by atoms with Gasteiger partial charge in [-0.05, 0) is 50.0 Å². The van der Waals surface area contributed by atoms with E-state index in [4.69, 9.17) is 4.98 Å². The van der Waals surface area contributed by atoms with Gasteiger partial charge < -0.3 is 4.98 Å².